The van der Waals surface area contributed by atoms with E-state index < -0.39 is 0 Å². The molecular weight excluding hydrogens is 350 g/mol. The van der Waals surface area contributed by atoms with Gasteiger partial charge in [0.25, 0.3) is 0 Å². The molecule has 0 radical (unpaired) electrons. The first-order valence-electron chi connectivity index (χ1n) is 7.64. The first-order valence-corrected chi connectivity index (χ1v) is 8.40. The summed E-state index contributed by atoms with van der Waals surface area (Å²) in [5.41, 5.74) is 1.29. The number of nitrogens with one attached hydrogen (secondary N) is 1. The number of amides is 1. The predicted octanol–water partition coefficient (Wildman–Crippen LogP) is 5.38. The first-order chi connectivity index (χ1) is 11.4. The van der Waals surface area contributed by atoms with Gasteiger partial charge in [0.15, 0.2) is 0 Å². The molecular formula is C18H19Cl2FN2O. The van der Waals surface area contributed by atoms with Gasteiger partial charge in [-0.05, 0) is 50.2 Å². The number of carbonyl (C=O) groups is 1. The van der Waals surface area contributed by atoms with Crippen LogP contribution in [-0.2, 0) is 4.79 Å². The Morgan fingerprint density at radius 3 is 2.25 bits per heavy atom. The monoisotopic (exact) mass is 368 g/mol. The van der Waals surface area contributed by atoms with E-state index in [1.807, 2.05) is 18.7 Å². The maximum Gasteiger partial charge on any atom is 0.226 e. The third kappa shape index (κ3) is 4.86. The molecule has 0 aromatic heterocycles. The topological polar surface area (TPSA) is 32.3 Å². The van der Waals surface area contributed by atoms with Crippen LogP contribution in [0.4, 0.5) is 15.8 Å². The number of hydrogen-bond donors (Lipinski definition) is 1. The number of anilines is 2. The van der Waals surface area contributed by atoms with Gasteiger partial charge < -0.3 is 10.2 Å². The molecule has 24 heavy (non-hydrogen) atoms. The van der Waals surface area contributed by atoms with Crippen molar-refractivity contribution in [2.75, 3.05) is 16.8 Å². The van der Waals surface area contributed by atoms with Crippen molar-refractivity contribution in [1.29, 1.82) is 0 Å². The smallest absolute Gasteiger partial charge is 0.226 e. The maximum absolute atomic E-state index is 13.1. The van der Waals surface area contributed by atoms with Gasteiger partial charge in [0.1, 0.15) is 5.82 Å². The minimum Gasteiger partial charge on any atom is -0.369 e. The molecule has 0 spiro atoms. The van der Waals surface area contributed by atoms with Crippen LogP contribution in [0.15, 0.2) is 42.5 Å². The Kier molecular flexibility index (Phi) is 6.46. The third-order valence-electron chi connectivity index (χ3n) is 3.59. The third-order valence-corrected chi connectivity index (χ3v) is 4.22. The summed E-state index contributed by atoms with van der Waals surface area (Å²) in [5, 5.41) is 3.54. The van der Waals surface area contributed by atoms with E-state index >= 15 is 0 Å². The van der Waals surface area contributed by atoms with Gasteiger partial charge in [0, 0.05) is 24.7 Å². The van der Waals surface area contributed by atoms with E-state index in [0.29, 0.717) is 22.3 Å². The summed E-state index contributed by atoms with van der Waals surface area (Å²) in [7, 11) is 0. The van der Waals surface area contributed by atoms with Crippen LogP contribution in [0.5, 0.6) is 0 Å². The SMILES string of the molecule is CC(C)N(CCC(=O)Nc1c(Cl)cccc1Cl)c1ccc(F)cc1. The number of para-hydroxylation sites is 1. The molecule has 0 aliphatic rings. The summed E-state index contributed by atoms with van der Waals surface area (Å²) in [6.07, 6.45) is 0.261. The highest BCUT2D eigenvalue weighted by Gasteiger charge is 2.14. The van der Waals surface area contributed by atoms with E-state index in [1.54, 1.807) is 30.3 Å². The van der Waals surface area contributed by atoms with Crippen molar-refractivity contribution in [2.45, 2.75) is 26.3 Å². The highest BCUT2D eigenvalue weighted by molar-refractivity contribution is 6.39. The Hall–Kier alpha value is -1.78. The summed E-state index contributed by atoms with van der Waals surface area (Å²) in [4.78, 5) is 14.2. The average Bonchev–Trinajstić information content (AvgIpc) is 2.52. The van der Waals surface area contributed by atoms with Crippen LogP contribution in [0.1, 0.15) is 20.3 Å². The van der Waals surface area contributed by atoms with E-state index in [-0.39, 0.29) is 24.2 Å². The highest BCUT2D eigenvalue weighted by Crippen LogP contribution is 2.30. The Morgan fingerprint density at radius 1 is 1.12 bits per heavy atom. The molecule has 0 fully saturated rings. The zero-order valence-electron chi connectivity index (χ0n) is 13.5. The van der Waals surface area contributed by atoms with Gasteiger partial charge in [-0.3, -0.25) is 4.79 Å². The van der Waals surface area contributed by atoms with Crippen molar-refractivity contribution >= 4 is 40.5 Å². The molecule has 0 aliphatic heterocycles. The van der Waals surface area contributed by atoms with Gasteiger partial charge in [0.2, 0.25) is 5.91 Å². The van der Waals surface area contributed by atoms with Crippen molar-refractivity contribution in [1.82, 2.24) is 0 Å². The Morgan fingerprint density at radius 2 is 1.71 bits per heavy atom. The summed E-state index contributed by atoms with van der Waals surface area (Å²) in [5.74, 6) is -0.466. The fourth-order valence-electron chi connectivity index (χ4n) is 2.36. The molecule has 6 heteroatoms. The normalized spacial score (nSPS) is 10.8. The van der Waals surface area contributed by atoms with Crippen LogP contribution >= 0.6 is 23.2 Å². The van der Waals surface area contributed by atoms with Crippen molar-refractivity contribution in [3.8, 4) is 0 Å². The van der Waals surface area contributed by atoms with Crippen LogP contribution in [-0.4, -0.2) is 18.5 Å². The lowest BCUT2D eigenvalue weighted by molar-refractivity contribution is -0.116. The largest absolute Gasteiger partial charge is 0.369 e. The summed E-state index contributed by atoms with van der Waals surface area (Å²) < 4.78 is 13.1. The van der Waals surface area contributed by atoms with Gasteiger partial charge in [-0.25, -0.2) is 4.39 Å². The van der Waals surface area contributed by atoms with Gasteiger partial charge in [0.05, 0.1) is 15.7 Å². The second kappa shape index (κ2) is 8.36. The van der Waals surface area contributed by atoms with E-state index in [0.717, 1.165) is 5.69 Å². The van der Waals surface area contributed by atoms with Gasteiger partial charge in [-0.1, -0.05) is 29.3 Å². The van der Waals surface area contributed by atoms with E-state index in [4.69, 9.17) is 23.2 Å². The molecule has 2 rings (SSSR count). The first kappa shape index (κ1) is 18.6. The van der Waals surface area contributed by atoms with Crippen LogP contribution in [0.3, 0.4) is 0 Å². The zero-order valence-corrected chi connectivity index (χ0v) is 15.0. The van der Waals surface area contributed by atoms with Crippen LogP contribution in [0.2, 0.25) is 10.0 Å². The lowest BCUT2D eigenvalue weighted by atomic mass is 10.2. The van der Waals surface area contributed by atoms with Crippen molar-refractivity contribution < 1.29 is 9.18 Å². The average molecular weight is 369 g/mol. The molecule has 3 nitrogen and oxygen atoms in total. The van der Waals surface area contributed by atoms with E-state index in [1.165, 1.54) is 12.1 Å². The van der Waals surface area contributed by atoms with Crippen LogP contribution < -0.4 is 10.2 Å². The summed E-state index contributed by atoms with van der Waals surface area (Å²) >= 11 is 12.1. The minimum atomic E-state index is -0.284. The number of hydrogen-bond acceptors (Lipinski definition) is 2. The summed E-state index contributed by atoms with van der Waals surface area (Å²) in [6.45, 7) is 4.54. The minimum absolute atomic E-state index is 0.173. The van der Waals surface area contributed by atoms with E-state index in [9.17, 15) is 9.18 Å². The molecule has 0 aliphatic carbocycles. The number of halogens is 3. The molecule has 0 bridgehead atoms. The van der Waals surface area contributed by atoms with Crippen molar-refractivity contribution in [3.63, 3.8) is 0 Å². The molecule has 0 unspecified atom stereocenters. The standard InChI is InChI=1S/C18H19Cl2FN2O/c1-12(2)23(14-8-6-13(21)7-9-14)11-10-17(24)22-18-15(19)4-3-5-16(18)20/h3-9,12H,10-11H2,1-2H3,(H,22,24). The van der Waals surface area contributed by atoms with Gasteiger partial charge >= 0.3 is 0 Å². The highest BCUT2D eigenvalue weighted by atomic mass is 35.5. The molecule has 1 amide bonds. The predicted molar refractivity (Wildman–Crippen MR) is 98.6 cm³/mol. The van der Waals surface area contributed by atoms with Crippen LogP contribution in [0.25, 0.3) is 0 Å². The number of nitrogens with zero attached hydrogens (tertiary/aromatic N) is 1. The zero-order chi connectivity index (χ0) is 17.7. The van der Waals surface area contributed by atoms with Gasteiger partial charge in [-0.2, -0.15) is 0 Å². The molecule has 0 saturated heterocycles. The Balaban J connectivity index is 2.01. The molecule has 1 N–H and O–H groups in total. The fourth-order valence-corrected chi connectivity index (χ4v) is 2.85. The number of benzene rings is 2. The van der Waals surface area contributed by atoms with Crippen molar-refractivity contribution in [3.05, 3.63) is 58.3 Å². The molecule has 0 heterocycles. The second-order valence-corrected chi connectivity index (χ2v) is 6.47. The molecule has 0 atom stereocenters. The molecule has 2 aromatic rings. The quantitative estimate of drug-likeness (QED) is 0.742. The summed E-state index contributed by atoms with van der Waals surface area (Å²) in [6, 6.07) is 11.5. The Bertz CT molecular complexity index is 684. The Labute approximate surface area is 151 Å². The second-order valence-electron chi connectivity index (χ2n) is 5.66. The lowest BCUT2D eigenvalue weighted by Crippen LogP contribution is -2.33. The maximum atomic E-state index is 13.1. The van der Waals surface area contributed by atoms with Crippen LogP contribution in [0, 0.1) is 5.82 Å². The fraction of sp³-hybridized carbons (Fsp3) is 0.278. The molecule has 2 aromatic carbocycles. The van der Waals surface area contributed by atoms with Crippen molar-refractivity contribution in [2.24, 2.45) is 0 Å². The number of carbonyl (C=O) groups excluding carboxylic acids is 1. The number of rotatable bonds is 6. The van der Waals surface area contributed by atoms with Gasteiger partial charge in [-0.15, -0.1) is 0 Å². The van der Waals surface area contributed by atoms with E-state index in [2.05, 4.69) is 5.32 Å². The molecule has 0 saturated carbocycles. The lowest BCUT2D eigenvalue weighted by Gasteiger charge is -2.29. The molecule has 128 valence electrons.